The maximum absolute atomic E-state index is 10.9. The predicted octanol–water partition coefficient (Wildman–Crippen LogP) is -8.48. The first kappa shape index (κ1) is 36.1. The minimum Gasteiger partial charge on any atom is -0.396 e. The highest BCUT2D eigenvalue weighted by Crippen LogP contribution is 2.33. The molecule has 19 nitrogen and oxygen atoms in total. The zero-order valence-electron chi connectivity index (χ0n) is 23.7. The van der Waals surface area contributed by atoms with E-state index in [1.165, 1.54) is 6.92 Å². The van der Waals surface area contributed by atoms with Crippen LogP contribution in [0.4, 0.5) is 0 Å². The Bertz CT molecular complexity index is 901. The van der Waals surface area contributed by atoms with Crippen LogP contribution in [-0.4, -0.2) is 203 Å². The van der Waals surface area contributed by atoms with E-state index in [4.69, 9.17) is 23.7 Å². The first-order valence-electron chi connectivity index (χ1n) is 14.4. The molecule has 4 aliphatic rings. The normalized spacial score (nSPS) is 53.9. The largest absolute Gasteiger partial charge is 0.396 e. The van der Waals surface area contributed by atoms with Crippen LogP contribution in [0.25, 0.3) is 0 Å². The summed E-state index contributed by atoms with van der Waals surface area (Å²) in [5.41, 5.74) is 0. The van der Waals surface area contributed by atoms with Gasteiger partial charge in [0.2, 0.25) is 0 Å². The third-order valence-corrected chi connectivity index (χ3v) is 8.89. The van der Waals surface area contributed by atoms with Gasteiger partial charge in [-0.05, 0) is 13.3 Å². The number of rotatable bonds is 9. The van der Waals surface area contributed by atoms with Crippen LogP contribution in [0.5, 0.6) is 0 Å². The Kier molecular flexibility index (Phi) is 12.3. The Morgan fingerprint density at radius 2 is 1.09 bits per heavy atom. The SMILES string of the molecule is C[C@H]1O[C@H](O[C@H]2[C@H](O)[C@@H](O)[C@@H](O[C@H]3[C@H](O)[C@@H](O)[C@H](O)O[C@@H]3CO)O[C@@H]2CO)[C@H](O)[C@@H](O)[C@@H]1N[C@H]1C[C@H](CO)[C@@H](O)[C@H](O)[C@H]1O. The van der Waals surface area contributed by atoms with E-state index in [2.05, 4.69) is 5.32 Å². The molecule has 0 aromatic rings. The molecule has 0 bridgehead atoms. The van der Waals surface area contributed by atoms with Gasteiger partial charge in [0.05, 0.1) is 37.6 Å². The Morgan fingerprint density at radius 1 is 0.568 bits per heavy atom. The second-order valence-electron chi connectivity index (χ2n) is 11.8. The van der Waals surface area contributed by atoms with E-state index >= 15 is 0 Å². The van der Waals surface area contributed by atoms with Crippen molar-refractivity contribution in [3.8, 4) is 0 Å². The summed E-state index contributed by atoms with van der Waals surface area (Å²) in [4.78, 5) is 0. The number of aliphatic hydroxyl groups is 13. The molecule has 14 N–H and O–H groups in total. The fourth-order valence-electron chi connectivity index (χ4n) is 6.17. The second kappa shape index (κ2) is 15.0. The fraction of sp³-hybridized carbons (Fsp3) is 1.00. The molecule has 0 aromatic carbocycles. The monoisotopic (exact) mass is 647 g/mol. The van der Waals surface area contributed by atoms with Gasteiger partial charge in [0.25, 0.3) is 0 Å². The average molecular weight is 648 g/mol. The van der Waals surface area contributed by atoms with Gasteiger partial charge in [-0.25, -0.2) is 0 Å². The van der Waals surface area contributed by atoms with Gasteiger partial charge in [-0.15, -0.1) is 0 Å². The third kappa shape index (κ3) is 7.06. The number of nitrogens with one attached hydrogen (secondary N) is 1. The third-order valence-electron chi connectivity index (χ3n) is 8.89. The number of hydrogen-bond donors (Lipinski definition) is 14. The summed E-state index contributed by atoms with van der Waals surface area (Å²) >= 11 is 0. The van der Waals surface area contributed by atoms with Crippen molar-refractivity contribution in [2.75, 3.05) is 19.8 Å². The molecule has 3 saturated heterocycles. The van der Waals surface area contributed by atoms with E-state index in [1.54, 1.807) is 0 Å². The summed E-state index contributed by atoms with van der Waals surface area (Å²) in [5.74, 6) is -0.772. The van der Waals surface area contributed by atoms with E-state index in [0.29, 0.717) is 0 Å². The Hall–Kier alpha value is -0.760. The molecule has 0 aromatic heterocycles. The van der Waals surface area contributed by atoms with Crippen molar-refractivity contribution >= 4 is 0 Å². The van der Waals surface area contributed by atoms with Crippen LogP contribution >= 0.6 is 0 Å². The van der Waals surface area contributed by atoms with E-state index in [9.17, 15) is 66.4 Å². The highest BCUT2D eigenvalue weighted by atomic mass is 16.7. The summed E-state index contributed by atoms with van der Waals surface area (Å²) < 4.78 is 27.4. The van der Waals surface area contributed by atoms with Crippen LogP contribution in [0.1, 0.15) is 13.3 Å². The lowest BCUT2D eigenvalue weighted by atomic mass is 9.79. The van der Waals surface area contributed by atoms with Crippen molar-refractivity contribution in [3.05, 3.63) is 0 Å². The van der Waals surface area contributed by atoms with Crippen LogP contribution in [0.3, 0.4) is 0 Å². The minimum atomic E-state index is -1.93. The van der Waals surface area contributed by atoms with Gasteiger partial charge in [-0.2, -0.15) is 0 Å². The molecule has 19 heteroatoms. The molecule has 0 amide bonds. The van der Waals surface area contributed by atoms with Crippen molar-refractivity contribution in [2.24, 2.45) is 5.92 Å². The zero-order valence-corrected chi connectivity index (χ0v) is 23.7. The van der Waals surface area contributed by atoms with Gasteiger partial charge < -0.3 is 95.4 Å². The molecule has 258 valence electrons. The van der Waals surface area contributed by atoms with Crippen LogP contribution in [0.2, 0.25) is 0 Å². The van der Waals surface area contributed by atoms with E-state index in [-0.39, 0.29) is 6.42 Å². The molecule has 44 heavy (non-hydrogen) atoms. The lowest BCUT2D eigenvalue weighted by molar-refractivity contribution is -0.374. The Balaban J connectivity index is 1.41. The van der Waals surface area contributed by atoms with Crippen molar-refractivity contribution in [3.63, 3.8) is 0 Å². The summed E-state index contributed by atoms with van der Waals surface area (Å²) in [6.45, 7) is -0.584. The molecule has 20 atom stereocenters. The smallest absolute Gasteiger partial charge is 0.187 e. The van der Waals surface area contributed by atoms with E-state index < -0.39 is 142 Å². The molecule has 4 fully saturated rings. The van der Waals surface area contributed by atoms with Gasteiger partial charge in [-0.1, -0.05) is 0 Å². The highest BCUT2D eigenvalue weighted by molar-refractivity contribution is 5.02. The first-order valence-corrected chi connectivity index (χ1v) is 14.4. The molecule has 3 heterocycles. The maximum Gasteiger partial charge on any atom is 0.187 e. The summed E-state index contributed by atoms with van der Waals surface area (Å²) in [5, 5.41) is 136. The van der Waals surface area contributed by atoms with Crippen molar-refractivity contribution in [1.82, 2.24) is 5.32 Å². The van der Waals surface area contributed by atoms with Crippen LogP contribution in [0, 0.1) is 5.92 Å². The van der Waals surface area contributed by atoms with Crippen molar-refractivity contribution in [1.29, 1.82) is 0 Å². The zero-order chi connectivity index (χ0) is 32.6. The average Bonchev–Trinajstić information content (AvgIpc) is 3.00. The van der Waals surface area contributed by atoms with Gasteiger partial charge in [0.1, 0.15) is 67.1 Å². The van der Waals surface area contributed by atoms with Gasteiger partial charge >= 0.3 is 0 Å². The number of aliphatic hydroxyl groups excluding tert-OH is 13. The van der Waals surface area contributed by atoms with Gasteiger partial charge in [0, 0.05) is 18.6 Å². The van der Waals surface area contributed by atoms with Crippen LogP contribution < -0.4 is 5.32 Å². The molecule has 0 unspecified atom stereocenters. The topological polar surface area (TPSA) is 321 Å². The fourth-order valence-corrected chi connectivity index (χ4v) is 6.17. The number of hydrogen-bond acceptors (Lipinski definition) is 19. The molecular formula is C25H45NO18. The molecule has 4 rings (SSSR count). The second-order valence-corrected chi connectivity index (χ2v) is 11.8. The lowest BCUT2D eigenvalue weighted by Gasteiger charge is -2.49. The molecule has 0 radical (unpaired) electrons. The highest BCUT2D eigenvalue weighted by Gasteiger charge is 2.54. The molecular weight excluding hydrogens is 602 g/mol. The first-order chi connectivity index (χ1) is 20.7. The molecule has 1 saturated carbocycles. The van der Waals surface area contributed by atoms with Crippen LogP contribution in [0.15, 0.2) is 0 Å². The Labute approximate surface area is 251 Å². The summed E-state index contributed by atoms with van der Waals surface area (Å²) in [6.07, 6.45) is -27.4. The summed E-state index contributed by atoms with van der Waals surface area (Å²) in [6, 6.07) is -1.96. The summed E-state index contributed by atoms with van der Waals surface area (Å²) in [7, 11) is 0. The van der Waals surface area contributed by atoms with Crippen LogP contribution in [-0.2, 0) is 23.7 Å². The molecule has 1 aliphatic carbocycles. The molecule has 3 aliphatic heterocycles. The standard InChI is InChI=1S/C25H45NO18/c1-6-11(26-8-2-7(3-27)12(30)15(33)13(8)31)14(32)19(37)24(40-6)43-22-10(5-29)42-25(20(38)17(22)35)44-21-9(4-28)41-23(39)18(36)16(21)34/h6-39H,2-5H2,1H3/t6-,7-,8+,9-,10-,11-,12-,13+,14+,15+,16-,17-,18-,19-,20-,21-,22-,23-,24-,25-/m1/s1. The van der Waals surface area contributed by atoms with E-state index in [1.807, 2.05) is 0 Å². The molecule has 0 spiro atoms. The quantitative estimate of drug-likeness (QED) is 0.110. The Morgan fingerprint density at radius 3 is 1.66 bits per heavy atom. The predicted molar refractivity (Wildman–Crippen MR) is 138 cm³/mol. The minimum absolute atomic E-state index is 0.0232. The van der Waals surface area contributed by atoms with Gasteiger partial charge in [-0.3, -0.25) is 0 Å². The van der Waals surface area contributed by atoms with Crippen molar-refractivity contribution in [2.45, 2.75) is 130 Å². The lowest BCUT2D eigenvalue weighted by Crippen LogP contribution is -2.69. The van der Waals surface area contributed by atoms with Gasteiger partial charge in [0.15, 0.2) is 18.9 Å². The maximum atomic E-state index is 10.9. The number of ether oxygens (including phenoxy) is 5. The van der Waals surface area contributed by atoms with E-state index in [0.717, 1.165) is 0 Å². The van der Waals surface area contributed by atoms with Crippen molar-refractivity contribution < 1.29 is 90.1 Å².